The van der Waals surface area contributed by atoms with Gasteiger partial charge in [-0.05, 0) is 61.1 Å². The van der Waals surface area contributed by atoms with Crippen molar-refractivity contribution in [2.75, 3.05) is 13.1 Å². The third-order valence-electron chi connectivity index (χ3n) is 4.93. The van der Waals surface area contributed by atoms with E-state index in [2.05, 4.69) is 5.32 Å². The van der Waals surface area contributed by atoms with Gasteiger partial charge in [-0.1, -0.05) is 24.3 Å². The Morgan fingerprint density at radius 3 is 2.31 bits per heavy atom. The van der Waals surface area contributed by atoms with E-state index < -0.39 is 10.0 Å². The molecular weight excluding hydrogens is 348 g/mol. The molecule has 1 N–H and O–H groups in total. The maximum absolute atomic E-state index is 12.6. The van der Waals surface area contributed by atoms with Crippen LogP contribution in [0.25, 0.3) is 11.1 Å². The second-order valence-corrected chi connectivity index (χ2v) is 8.90. The van der Waals surface area contributed by atoms with Gasteiger partial charge in [-0.15, -0.1) is 0 Å². The van der Waals surface area contributed by atoms with Crippen LogP contribution in [0.4, 0.5) is 0 Å². The summed E-state index contributed by atoms with van der Waals surface area (Å²) in [6.07, 6.45) is 3.96. The van der Waals surface area contributed by atoms with Gasteiger partial charge in [0.15, 0.2) is 0 Å². The SMILES string of the molecule is O=C(NC1CC1)c1cccc(-c2ccc(S(=O)(=O)N3CCCC3)cc2)c1. The van der Waals surface area contributed by atoms with Gasteiger partial charge >= 0.3 is 0 Å². The van der Waals surface area contributed by atoms with Gasteiger partial charge in [0, 0.05) is 24.7 Å². The first-order chi connectivity index (χ1) is 12.5. The van der Waals surface area contributed by atoms with Crippen molar-refractivity contribution >= 4 is 15.9 Å². The van der Waals surface area contributed by atoms with E-state index in [1.54, 1.807) is 34.6 Å². The molecule has 2 aliphatic rings. The van der Waals surface area contributed by atoms with Crippen LogP contribution in [0, 0.1) is 0 Å². The van der Waals surface area contributed by atoms with Crippen molar-refractivity contribution in [1.82, 2.24) is 9.62 Å². The minimum absolute atomic E-state index is 0.0532. The lowest BCUT2D eigenvalue weighted by Crippen LogP contribution is -2.27. The van der Waals surface area contributed by atoms with Gasteiger partial charge in [0.25, 0.3) is 5.91 Å². The van der Waals surface area contributed by atoms with Crippen LogP contribution in [-0.4, -0.2) is 37.8 Å². The Hall–Kier alpha value is -2.18. The number of nitrogens with one attached hydrogen (secondary N) is 1. The van der Waals surface area contributed by atoms with Crippen molar-refractivity contribution < 1.29 is 13.2 Å². The van der Waals surface area contributed by atoms with E-state index in [0.717, 1.165) is 36.8 Å². The Balaban J connectivity index is 1.56. The molecule has 0 bridgehead atoms. The highest BCUT2D eigenvalue weighted by Gasteiger charge is 2.27. The second kappa shape index (κ2) is 6.85. The fourth-order valence-electron chi connectivity index (χ4n) is 3.23. The predicted molar refractivity (Wildman–Crippen MR) is 100 cm³/mol. The van der Waals surface area contributed by atoms with Gasteiger partial charge in [-0.25, -0.2) is 8.42 Å². The summed E-state index contributed by atoms with van der Waals surface area (Å²) in [6.45, 7) is 1.20. The number of carbonyl (C=O) groups excluding carboxylic acids is 1. The van der Waals surface area contributed by atoms with E-state index in [1.165, 1.54) is 0 Å². The van der Waals surface area contributed by atoms with Gasteiger partial charge in [0.1, 0.15) is 0 Å². The first kappa shape index (κ1) is 17.2. The summed E-state index contributed by atoms with van der Waals surface area (Å²) in [6, 6.07) is 14.7. The lowest BCUT2D eigenvalue weighted by molar-refractivity contribution is 0.0951. The summed E-state index contributed by atoms with van der Waals surface area (Å²) in [5.74, 6) is -0.0532. The molecule has 2 aromatic rings. The molecule has 1 heterocycles. The predicted octanol–water partition coefficient (Wildman–Crippen LogP) is 3.03. The fraction of sp³-hybridized carbons (Fsp3) is 0.350. The Labute approximate surface area is 154 Å². The summed E-state index contributed by atoms with van der Waals surface area (Å²) in [4.78, 5) is 12.5. The van der Waals surface area contributed by atoms with Crippen molar-refractivity contribution in [3.05, 3.63) is 54.1 Å². The monoisotopic (exact) mass is 370 g/mol. The van der Waals surface area contributed by atoms with E-state index in [-0.39, 0.29) is 5.91 Å². The van der Waals surface area contributed by atoms with Crippen LogP contribution in [-0.2, 0) is 10.0 Å². The van der Waals surface area contributed by atoms with Crippen molar-refractivity contribution in [1.29, 1.82) is 0 Å². The first-order valence-corrected chi connectivity index (χ1v) is 10.5. The number of hydrogen-bond donors (Lipinski definition) is 1. The number of benzene rings is 2. The topological polar surface area (TPSA) is 66.5 Å². The summed E-state index contributed by atoms with van der Waals surface area (Å²) in [7, 11) is -3.40. The largest absolute Gasteiger partial charge is 0.349 e. The lowest BCUT2D eigenvalue weighted by Gasteiger charge is -2.15. The van der Waals surface area contributed by atoms with Crippen LogP contribution in [0.1, 0.15) is 36.0 Å². The van der Waals surface area contributed by atoms with Crippen molar-refractivity contribution in [3.8, 4) is 11.1 Å². The quantitative estimate of drug-likeness (QED) is 0.880. The minimum Gasteiger partial charge on any atom is -0.349 e. The molecule has 6 heteroatoms. The Morgan fingerprint density at radius 1 is 0.962 bits per heavy atom. The molecule has 0 radical (unpaired) electrons. The maximum atomic E-state index is 12.6. The average Bonchev–Trinajstić information content (AvgIpc) is 3.29. The van der Waals surface area contributed by atoms with Crippen LogP contribution in [0.15, 0.2) is 53.4 Å². The molecule has 0 atom stereocenters. The van der Waals surface area contributed by atoms with Gasteiger partial charge in [-0.2, -0.15) is 4.31 Å². The Morgan fingerprint density at radius 2 is 1.65 bits per heavy atom. The molecule has 2 aromatic carbocycles. The zero-order valence-electron chi connectivity index (χ0n) is 14.5. The van der Waals surface area contributed by atoms with Crippen molar-refractivity contribution in [3.63, 3.8) is 0 Å². The zero-order valence-corrected chi connectivity index (χ0v) is 15.3. The Bertz CT molecular complexity index is 912. The highest BCUT2D eigenvalue weighted by Crippen LogP contribution is 2.26. The van der Waals surface area contributed by atoms with Crippen LogP contribution in [0.5, 0.6) is 0 Å². The third kappa shape index (κ3) is 3.52. The van der Waals surface area contributed by atoms with Crippen molar-refractivity contribution in [2.24, 2.45) is 0 Å². The van der Waals surface area contributed by atoms with Crippen LogP contribution in [0.2, 0.25) is 0 Å². The maximum Gasteiger partial charge on any atom is 0.251 e. The highest BCUT2D eigenvalue weighted by molar-refractivity contribution is 7.89. The van der Waals surface area contributed by atoms with E-state index in [1.807, 2.05) is 18.2 Å². The molecule has 1 amide bonds. The van der Waals surface area contributed by atoms with Crippen LogP contribution >= 0.6 is 0 Å². The van der Waals surface area contributed by atoms with Gasteiger partial charge in [0.2, 0.25) is 10.0 Å². The smallest absolute Gasteiger partial charge is 0.251 e. The molecule has 4 rings (SSSR count). The number of nitrogens with zero attached hydrogens (tertiary/aromatic N) is 1. The van der Waals surface area contributed by atoms with Gasteiger partial charge < -0.3 is 5.32 Å². The molecule has 5 nitrogen and oxygen atoms in total. The molecule has 0 unspecified atom stereocenters. The summed E-state index contributed by atoms with van der Waals surface area (Å²) >= 11 is 0. The van der Waals surface area contributed by atoms with Gasteiger partial charge in [0.05, 0.1) is 4.90 Å². The number of hydrogen-bond acceptors (Lipinski definition) is 3. The third-order valence-corrected chi connectivity index (χ3v) is 6.84. The molecule has 136 valence electrons. The second-order valence-electron chi connectivity index (χ2n) is 6.96. The first-order valence-electron chi connectivity index (χ1n) is 9.05. The molecule has 1 saturated carbocycles. The molecule has 1 aliphatic heterocycles. The van der Waals surface area contributed by atoms with E-state index in [9.17, 15) is 13.2 Å². The summed E-state index contributed by atoms with van der Waals surface area (Å²) in [5.41, 5.74) is 2.42. The van der Waals surface area contributed by atoms with E-state index in [4.69, 9.17) is 0 Å². The standard InChI is InChI=1S/C20H22N2O3S/c23-20(21-18-8-9-18)17-5-3-4-16(14-17)15-6-10-19(11-7-15)26(24,25)22-12-1-2-13-22/h3-7,10-11,14,18H,1-2,8-9,12-13H2,(H,21,23). The Kier molecular flexibility index (Phi) is 4.54. The minimum atomic E-state index is -3.40. The van der Waals surface area contributed by atoms with Crippen LogP contribution in [0.3, 0.4) is 0 Å². The average molecular weight is 370 g/mol. The number of amides is 1. The molecular formula is C20H22N2O3S. The molecule has 26 heavy (non-hydrogen) atoms. The van der Waals surface area contributed by atoms with E-state index >= 15 is 0 Å². The number of sulfonamides is 1. The molecule has 0 aromatic heterocycles. The van der Waals surface area contributed by atoms with Crippen LogP contribution < -0.4 is 5.32 Å². The molecule has 2 fully saturated rings. The zero-order chi connectivity index (χ0) is 18.1. The lowest BCUT2D eigenvalue weighted by atomic mass is 10.0. The molecule has 1 aliphatic carbocycles. The summed E-state index contributed by atoms with van der Waals surface area (Å²) in [5, 5.41) is 2.99. The van der Waals surface area contributed by atoms with E-state index in [0.29, 0.717) is 29.6 Å². The number of rotatable bonds is 5. The van der Waals surface area contributed by atoms with Crippen molar-refractivity contribution in [2.45, 2.75) is 36.6 Å². The molecule has 0 spiro atoms. The highest BCUT2D eigenvalue weighted by atomic mass is 32.2. The molecule has 1 saturated heterocycles. The number of carbonyl (C=O) groups is 1. The van der Waals surface area contributed by atoms with Gasteiger partial charge in [-0.3, -0.25) is 4.79 Å². The summed E-state index contributed by atoms with van der Waals surface area (Å²) < 4.78 is 26.8. The fourth-order valence-corrected chi connectivity index (χ4v) is 4.75. The normalized spacial score (nSPS) is 18.0.